The summed E-state index contributed by atoms with van der Waals surface area (Å²) in [5.74, 6) is -0.417. The van der Waals surface area contributed by atoms with E-state index in [1.165, 1.54) is 12.1 Å². The van der Waals surface area contributed by atoms with Crippen LogP contribution in [0.1, 0.15) is 53.7 Å². The molecule has 0 aliphatic heterocycles. The number of urea groups is 1. The Hall–Kier alpha value is -3.19. The summed E-state index contributed by atoms with van der Waals surface area (Å²) in [5.41, 5.74) is 3.78. The third kappa shape index (κ3) is 6.94. The Bertz CT molecular complexity index is 1170. The van der Waals surface area contributed by atoms with E-state index in [0.29, 0.717) is 13.1 Å². The summed E-state index contributed by atoms with van der Waals surface area (Å²) in [6.07, 6.45) is 5.07. The van der Waals surface area contributed by atoms with Crippen LogP contribution in [0.2, 0.25) is 0 Å². The number of hydrogen-bond acceptors (Lipinski definition) is 3. The third-order valence-electron chi connectivity index (χ3n) is 6.79. The maximum Gasteiger partial charge on any atom is 0.322 e. The van der Waals surface area contributed by atoms with Gasteiger partial charge in [0.1, 0.15) is 12.4 Å². The van der Waals surface area contributed by atoms with Gasteiger partial charge in [-0.1, -0.05) is 43.5 Å². The fourth-order valence-corrected chi connectivity index (χ4v) is 5.63. The average molecular weight is 508 g/mol. The second-order valence-corrected chi connectivity index (χ2v) is 10.6. The number of hydrogen-bond donors (Lipinski definition) is 1. The number of aryl methyl sites for hydroxylation is 2. The number of thiophene rings is 1. The fraction of sp³-hybridized carbons (Fsp3) is 0.379. The summed E-state index contributed by atoms with van der Waals surface area (Å²) >= 11 is 1.62. The van der Waals surface area contributed by atoms with Gasteiger partial charge in [0.15, 0.2) is 0 Å². The SMILES string of the molecule is Cc1cccc(NC(=O)N(CC(=O)N(Cc2ccc(F)cc2)Cc2sccc2C)C2CCCCC2)c1. The summed E-state index contributed by atoms with van der Waals surface area (Å²) in [7, 11) is 0. The molecule has 0 radical (unpaired) electrons. The van der Waals surface area contributed by atoms with Crippen molar-refractivity contribution in [1.29, 1.82) is 0 Å². The summed E-state index contributed by atoms with van der Waals surface area (Å²) in [6.45, 7) is 4.84. The molecular weight excluding hydrogens is 473 g/mol. The monoisotopic (exact) mass is 507 g/mol. The molecule has 7 heteroatoms. The van der Waals surface area contributed by atoms with Crippen LogP contribution in [0.4, 0.5) is 14.9 Å². The molecule has 1 saturated carbocycles. The summed E-state index contributed by atoms with van der Waals surface area (Å²) in [6, 6.07) is 15.8. The molecule has 0 saturated heterocycles. The van der Waals surface area contributed by atoms with Crippen molar-refractivity contribution in [2.45, 2.75) is 65.1 Å². The average Bonchev–Trinajstić information content (AvgIpc) is 3.28. The Balaban J connectivity index is 1.55. The highest BCUT2D eigenvalue weighted by atomic mass is 32.1. The van der Waals surface area contributed by atoms with Crippen molar-refractivity contribution in [2.24, 2.45) is 0 Å². The molecule has 4 rings (SSSR count). The van der Waals surface area contributed by atoms with Crippen LogP contribution in [0.15, 0.2) is 60.0 Å². The lowest BCUT2D eigenvalue weighted by Crippen LogP contribution is -2.49. The van der Waals surface area contributed by atoms with Gasteiger partial charge in [-0.2, -0.15) is 0 Å². The molecule has 1 aliphatic rings. The highest BCUT2D eigenvalue weighted by Crippen LogP contribution is 2.25. The lowest BCUT2D eigenvalue weighted by molar-refractivity contribution is -0.133. The van der Waals surface area contributed by atoms with Gasteiger partial charge in [-0.3, -0.25) is 4.79 Å². The minimum absolute atomic E-state index is 0.00787. The zero-order chi connectivity index (χ0) is 25.5. The number of benzene rings is 2. The Kier molecular flexibility index (Phi) is 8.75. The van der Waals surface area contributed by atoms with Gasteiger partial charge in [-0.15, -0.1) is 11.3 Å². The van der Waals surface area contributed by atoms with Crippen molar-refractivity contribution >= 4 is 29.0 Å². The van der Waals surface area contributed by atoms with Gasteiger partial charge >= 0.3 is 6.03 Å². The smallest absolute Gasteiger partial charge is 0.322 e. The predicted molar refractivity (Wildman–Crippen MR) is 143 cm³/mol. The molecule has 0 spiro atoms. The summed E-state index contributed by atoms with van der Waals surface area (Å²) < 4.78 is 13.5. The molecule has 5 nitrogen and oxygen atoms in total. The van der Waals surface area contributed by atoms with Gasteiger partial charge < -0.3 is 15.1 Å². The molecule has 1 N–H and O–H groups in total. The highest BCUT2D eigenvalue weighted by Gasteiger charge is 2.29. The predicted octanol–water partition coefficient (Wildman–Crippen LogP) is 6.90. The molecule has 3 aromatic rings. The van der Waals surface area contributed by atoms with E-state index in [9.17, 15) is 14.0 Å². The number of rotatable bonds is 8. The first-order valence-electron chi connectivity index (χ1n) is 12.6. The number of halogens is 1. The Morgan fingerprint density at radius 2 is 1.75 bits per heavy atom. The van der Waals surface area contributed by atoms with Crippen LogP contribution in [0, 0.1) is 19.7 Å². The number of amides is 3. The van der Waals surface area contributed by atoms with Crippen molar-refractivity contribution in [1.82, 2.24) is 9.80 Å². The quantitative estimate of drug-likeness (QED) is 0.361. The zero-order valence-corrected chi connectivity index (χ0v) is 21.8. The normalized spacial score (nSPS) is 13.9. The van der Waals surface area contributed by atoms with Gasteiger partial charge in [-0.05, 0) is 79.1 Å². The van der Waals surface area contributed by atoms with Crippen molar-refractivity contribution in [3.8, 4) is 0 Å². The molecule has 2 aromatic carbocycles. The van der Waals surface area contributed by atoms with E-state index in [1.54, 1.807) is 33.3 Å². The van der Waals surface area contributed by atoms with E-state index >= 15 is 0 Å². The minimum Gasteiger partial charge on any atom is -0.332 e. The van der Waals surface area contributed by atoms with Crippen LogP contribution in [0.5, 0.6) is 0 Å². The first kappa shape index (κ1) is 25.9. The molecular formula is C29H34FN3O2S. The molecule has 0 atom stereocenters. The van der Waals surface area contributed by atoms with Crippen molar-refractivity contribution < 1.29 is 14.0 Å². The first-order valence-corrected chi connectivity index (χ1v) is 13.5. The number of nitrogens with one attached hydrogen (secondary N) is 1. The maximum absolute atomic E-state index is 13.8. The molecule has 0 unspecified atom stereocenters. The van der Waals surface area contributed by atoms with Crippen LogP contribution in [0.25, 0.3) is 0 Å². The Morgan fingerprint density at radius 1 is 1.00 bits per heavy atom. The van der Waals surface area contributed by atoms with Gasteiger partial charge in [0.05, 0.1) is 6.54 Å². The number of carbonyl (C=O) groups is 2. The number of carbonyl (C=O) groups excluding carboxylic acids is 2. The van der Waals surface area contributed by atoms with E-state index < -0.39 is 0 Å². The number of nitrogens with zero attached hydrogens (tertiary/aromatic N) is 2. The van der Waals surface area contributed by atoms with Gasteiger partial charge in [0.25, 0.3) is 0 Å². The summed E-state index contributed by atoms with van der Waals surface area (Å²) in [4.78, 5) is 31.8. The van der Waals surface area contributed by atoms with Crippen LogP contribution in [0.3, 0.4) is 0 Å². The molecule has 1 heterocycles. The maximum atomic E-state index is 13.8. The molecule has 190 valence electrons. The highest BCUT2D eigenvalue weighted by molar-refractivity contribution is 7.10. The van der Waals surface area contributed by atoms with Crippen LogP contribution < -0.4 is 5.32 Å². The molecule has 1 aliphatic carbocycles. The molecule has 1 fully saturated rings. The molecule has 36 heavy (non-hydrogen) atoms. The van der Waals surface area contributed by atoms with Crippen LogP contribution in [-0.4, -0.2) is 34.3 Å². The lowest BCUT2D eigenvalue weighted by atomic mass is 9.94. The van der Waals surface area contributed by atoms with E-state index in [4.69, 9.17) is 0 Å². The largest absolute Gasteiger partial charge is 0.332 e. The topological polar surface area (TPSA) is 52.7 Å². The molecule has 1 aromatic heterocycles. The van der Waals surface area contributed by atoms with E-state index in [2.05, 4.69) is 5.32 Å². The third-order valence-corrected chi connectivity index (χ3v) is 7.80. The van der Waals surface area contributed by atoms with Crippen molar-refractivity contribution in [3.05, 3.63) is 87.4 Å². The second-order valence-electron chi connectivity index (χ2n) is 9.62. The van der Waals surface area contributed by atoms with Crippen LogP contribution in [-0.2, 0) is 17.9 Å². The molecule has 0 bridgehead atoms. The van der Waals surface area contributed by atoms with Crippen molar-refractivity contribution in [3.63, 3.8) is 0 Å². The van der Waals surface area contributed by atoms with Crippen LogP contribution >= 0.6 is 11.3 Å². The molecule has 3 amide bonds. The van der Waals surface area contributed by atoms with Crippen molar-refractivity contribution in [2.75, 3.05) is 11.9 Å². The minimum atomic E-state index is -0.304. The van der Waals surface area contributed by atoms with E-state index in [1.807, 2.05) is 49.6 Å². The zero-order valence-electron chi connectivity index (χ0n) is 21.0. The lowest BCUT2D eigenvalue weighted by Gasteiger charge is -2.35. The number of anilines is 1. The standard InChI is InChI=1S/C29H34FN3O2S/c1-21-7-6-8-25(17-21)31-29(35)33(26-9-4-3-5-10-26)20-28(34)32(19-27-22(2)15-16-36-27)18-23-11-13-24(30)14-12-23/h6-8,11-17,26H,3-5,9-10,18-20H2,1-2H3,(H,31,35). The van der Waals surface area contributed by atoms with Gasteiger partial charge in [0.2, 0.25) is 5.91 Å². The Labute approximate surface area is 216 Å². The van der Waals surface area contributed by atoms with Gasteiger partial charge in [0, 0.05) is 23.2 Å². The summed E-state index contributed by atoms with van der Waals surface area (Å²) in [5, 5.41) is 5.03. The second kappa shape index (κ2) is 12.2. The Morgan fingerprint density at radius 3 is 2.42 bits per heavy atom. The van der Waals surface area contributed by atoms with E-state index in [0.717, 1.165) is 59.4 Å². The van der Waals surface area contributed by atoms with E-state index in [-0.39, 0.29) is 30.3 Å². The first-order chi connectivity index (χ1) is 17.4. The van der Waals surface area contributed by atoms with Gasteiger partial charge in [-0.25, -0.2) is 9.18 Å². The fourth-order valence-electron chi connectivity index (χ4n) is 4.71.